The van der Waals surface area contributed by atoms with Gasteiger partial charge in [-0.25, -0.2) is 4.98 Å². The monoisotopic (exact) mass is 274 g/mol. The molecule has 4 nitrogen and oxygen atoms in total. The van der Waals surface area contributed by atoms with Gasteiger partial charge in [-0.1, -0.05) is 12.1 Å². The molecule has 0 bridgehead atoms. The number of ether oxygens (including phenoxy) is 1. The molecule has 20 heavy (non-hydrogen) atoms. The van der Waals surface area contributed by atoms with Crippen LogP contribution in [0.5, 0.6) is 0 Å². The van der Waals surface area contributed by atoms with Gasteiger partial charge in [-0.15, -0.1) is 0 Å². The summed E-state index contributed by atoms with van der Waals surface area (Å²) in [6.45, 7) is 2.86. The number of hydrogen-bond donors (Lipinski definition) is 1. The van der Waals surface area contributed by atoms with Crippen LogP contribution in [0.2, 0.25) is 0 Å². The minimum Gasteiger partial charge on any atom is -0.441 e. The van der Waals surface area contributed by atoms with Crippen molar-refractivity contribution in [2.75, 3.05) is 6.61 Å². The highest BCUT2D eigenvalue weighted by atomic mass is 16.5. The first-order valence-electron chi connectivity index (χ1n) is 7.46. The van der Waals surface area contributed by atoms with Crippen molar-refractivity contribution in [3.8, 4) is 0 Å². The molecule has 1 fully saturated rings. The summed E-state index contributed by atoms with van der Waals surface area (Å²) < 4.78 is 11.3. The van der Waals surface area contributed by atoms with E-state index < -0.39 is 0 Å². The Balaban J connectivity index is 1.50. The number of oxazole rings is 1. The van der Waals surface area contributed by atoms with Gasteiger partial charge in [0.2, 0.25) is 0 Å². The van der Waals surface area contributed by atoms with Crippen molar-refractivity contribution in [1.82, 2.24) is 4.98 Å². The average molecular weight is 274 g/mol. The van der Waals surface area contributed by atoms with E-state index in [1.54, 1.807) is 0 Å². The van der Waals surface area contributed by atoms with Crippen LogP contribution in [0.3, 0.4) is 0 Å². The predicted octanol–water partition coefficient (Wildman–Crippen LogP) is 2.90. The number of para-hydroxylation sites is 2. The van der Waals surface area contributed by atoms with E-state index in [2.05, 4.69) is 4.98 Å². The molecular formula is C16H22N2O2. The molecule has 1 unspecified atom stereocenters. The Hall–Kier alpha value is -1.39. The Morgan fingerprint density at radius 1 is 1.40 bits per heavy atom. The van der Waals surface area contributed by atoms with Crippen LogP contribution in [-0.4, -0.2) is 23.7 Å². The van der Waals surface area contributed by atoms with Crippen LogP contribution in [0.25, 0.3) is 11.1 Å². The van der Waals surface area contributed by atoms with Crippen molar-refractivity contribution in [2.24, 2.45) is 11.7 Å². The van der Waals surface area contributed by atoms with Crippen LogP contribution >= 0.6 is 0 Å². The second-order valence-electron chi connectivity index (χ2n) is 5.69. The van der Waals surface area contributed by atoms with E-state index in [9.17, 15) is 0 Å². The Kier molecular flexibility index (Phi) is 4.03. The minimum absolute atomic E-state index is 0.121. The molecule has 1 aromatic heterocycles. The van der Waals surface area contributed by atoms with Crippen LogP contribution in [0, 0.1) is 5.92 Å². The molecule has 1 aliphatic rings. The standard InChI is InChI=1S/C16H22N2O2/c1-2-19-13-8-11(9-13)7-12(17)10-16-18-14-5-3-4-6-15(14)20-16/h3-6,11-13H,2,7-10,17H2,1H3. The maximum Gasteiger partial charge on any atom is 0.197 e. The van der Waals surface area contributed by atoms with Gasteiger partial charge in [-0.05, 0) is 44.2 Å². The Morgan fingerprint density at radius 2 is 2.20 bits per heavy atom. The summed E-state index contributed by atoms with van der Waals surface area (Å²) in [4.78, 5) is 4.48. The molecule has 2 N–H and O–H groups in total. The van der Waals surface area contributed by atoms with Gasteiger partial charge in [0.1, 0.15) is 5.52 Å². The molecule has 0 amide bonds. The SMILES string of the molecule is CCOC1CC(CC(N)Cc2nc3ccccc3o2)C1. The van der Waals surface area contributed by atoms with Crippen molar-refractivity contribution in [1.29, 1.82) is 0 Å². The van der Waals surface area contributed by atoms with E-state index in [0.29, 0.717) is 18.4 Å². The second-order valence-corrected chi connectivity index (χ2v) is 5.69. The van der Waals surface area contributed by atoms with Crippen molar-refractivity contribution in [3.63, 3.8) is 0 Å². The average Bonchev–Trinajstić information content (AvgIpc) is 2.78. The molecule has 1 heterocycles. The highest BCUT2D eigenvalue weighted by molar-refractivity contribution is 5.72. The van der Waals surface area contributed by atoms with Crippen molar-refractivity contribution < 1.29 is 9.15 Å². The number of hydrogen-bond acceptors (Lipinski definition) is 4. The third-order valence-corrected chi connectivity index (χ3v) is 4.01. The zero-order chi connectivity index (χ0) is 13.9. The molecule has 1 aromatic carbocycles. The smallest absolute Gasteiger partial charge is 0.197 e. The summed E-state index contributed by atoms with van der Waals surface area (Å²) in [5, 5.41) is 0. The normalized spacial score (nSPS) is 23.7. The number of rotatable bonds is 6. The summed E-state index contributed by atoms with van der Waals surface area (Å²) in [6.07, 6.45) is 4.50. The number of nitrogens with zero attached hydrogens (tertiary/aromatic N) is 1. The lowest BCUT2D eigenvalue weighted by Gasteiger charge is -2.36. The lowest BCUT2D eigenvalue weighted by Crippen LogP contribution is -2.36. The molecule has 1 aliphatic carbocycles. The fourth-order valence-corrected chi connectivity index (χ4v) is 2.98. The lowest BCUT2D eigenvalue weighted by molar-refractivity contribution is -0.0281. The summed E-state index contributed by atoms with van der Waals surface area (Å²) in [6, 6.07) is 7.95. The number of aromatic nitrogens is 1. The maximum atomic E-state index is 6.22. The van der Waals surface area contributed by atoms with Gasteiger partial charge in [0, 0.05) is 19.1 Å². The lowest BCUT2D eigenvalue weighted by atomic mass is 9.78. The van der Waals surface area contributed by atoms with Crippen molar-refractivity contribution >= 4 is 11.1 Å². The number of benzene rings is 1. The third-order valence-electron chi connectivity index (χ3n) is 4.01. The van der Waals surface area contributed by atoms with Crippen LogP contribution in [0.1, 0.15) is 32.1 Å². The van der Waals surface area contributed by atoms with Crippen LogP contribution in [0.15, 0.2) is 28.7 Å². The first-order chi connectivity index (χ1) is 9.74. The Labute approximate surface area is 119 Å². The predicted molar refractivity (Wildman–Crippen MR) is 78.4 cm³/mol. The highest BCUT2D eigenvalue weighted by Gasteiger charge is 2.30. The van der Waals surface area contributed by atoms with Crippen molar-refractivity contribution in [2.45, 2.75) is 44.8 Å². The number of fused-ring (bicyclic) bond motifs is 1. The summed E-state index contributed by atoms with van der Waals surface area (Å²) in [7, 11) is 0. The van der Waals surface area contributed by atoms with E-state index in [4.69, 9.17) is 14.9 Å². The molecule has 0 spiro atoms. The minimum atomic E-state index is 0.121. The fraction of sp³-hybridized carbons (Fsp3) is 0.562. The molecule has 0 saturated heterocycles. The maximum absolute atomic E-state index is 6.22. The zero-order valence-corrected chi connectivity index (χ0v) is 11.9. The van der Waals surface area contributed by atoms with E-state index in [1.165, 1.54) is 0 Å². The molecule has 0 radical (unpaired) electrons. The van der Waals surface area contributed by atoms with E-state index in [0.717, 1.165) is 42.9 Å². The quantitative estimate of drug-likeness (QED) is 0.879. The summed E-state index contributed by atoms with van der Waals surface area (Å²) in [5.41, 5.74) is 7.97. The molecule has 2 aromatic rings. The molecule has 0 aliphatic heterocycles. The molecule has 4 heteroatoms. The Bertz CT molecular complexity index is 527. The van der Waals surface area contributed by atoms with Gasteiger partial charge in [0.05, 0.1) is 6.10 Å². The van der Waals surface area contributed by atoms with E-state index >= 15 is 0 Å². The fourth-order valence-electron chi connectivity index (χ4n) is 2.98. The van der Waals surface area contributed by atoms with Crippen LogP contribution in [0.4, 0.5) is 0 Å². The summed E-state index contributed by atoms with van der Waals surface area (Å²) in [5.74, 6) is 1.45. The Morgan fingerprint density at radius 3 is 2.95 bits per heavy atom. The molecule has 1 atom stereocenters. The third kappa shape index (κ3) is 3.02. The highest BCUT2D eigenvalue weighted by Crippen LogP contribution is 2.33. The largest absolute Gasteiger partial charge is 0.441 e. The zero-order valence-electron chi connectivity index (χ0n) is 11.9. The van der Waals surface area contributed by atoms with Crippen LogP contribution < -0.4 is 5.73 Å². The second kappa shape index (κ2) is 5.94. The van der Waals surface area contributed by atoms with Gasteiger partial charge in [0.25, 0.3) is 0 Å². The summed E-state index contributed by atoms with van der Waals surface area (Å²) >= 11 is 0. The first-order valence-corrected chi connectivity index (χ1v) is 7.46. The van der Waals surface area contributed by atoms with E-state index in [-0.39, 0.29) is 6.04 Å². The molecule has 3 rings (SSSR count). The van der Waals surface area contributed by atoms with Gasteiger partial charge in [-0.3, -0.25) is 0 Å². The van der Waals surface area contributed by atoms with E-state index in [1.807, 2.05) is 31.2 Å². The van der Waals surface area contributed by atoms with Gasteiger partial charge < -0.3 is 14.9 Å². The molecular weight excluding hydrogens is 252 g/mol. The molecule has 1 saturated carbocycles. The molecule has 108 valence electrons. The first kappa shape index (κ1) is 13.6. The van der Waals surface area contributed by atoms with Gasteiger partial charge in [0.15, 0.2) is 11.5 Å². The van der Waals surface area contributed by atoms with Crippen LogP contribution in [-0.2, 0) is 11.2 Å². The van der Waals surface area contributed by atoms with Gasteiger partial charge in [-0.2, -0.15) is 0 Å². The van der Waals surface area contributed by atoms with Crippen molar-refractivity contribution in [3.05, 3.63) is 30.2 Å². The topological polar surface area (TPSA) is 61.3 Å². The number of nitrogens with two attached hydrogens (primary N) is 1. The van der Waals surface area contributed by atoms with Gasteiger partial charge >= 0.3 is 0 Å².